The molecule has 0 bridgehead atoms. The molecule has 2 heterocycles. The highest BCUT2D eigenvalue weighted by Crippen LogP contribution is 2.43. The van der Waals surface area contributed by atoms with E-state index in [4.69, 9.17) is 16.3 Å². The summed E-state index contributed by atoms with van der Waals surface area (Å²) in [5.41, 5.74) is 2.15. The highest BCUT2D eigenvalue weighted by Gasteiger charge is 2.42. The van der Waals surface area contributed by atoms with Crippen molar-refractivity contribution in [1.82, 2.24) is 15.1 Å². The number of carbonyl (C=O) groups is 2. The van der Waals surface area contributed by atoms with Gasteiger partial charge in [0.05, 0.1) is 12.0 Å². The second-order valence-electron chi connectivity index (χ2n) is 10.5. The highest BCUT2D eigenvalue weighted by molar-refractivity contribution is 8.04. The van der Waals surface area contributed by atoms with E-state index in [0.717, 1.165) is 73.2 Å². The molecule has 2 aromatic rings. The summed E-state index contributed by atoms with van der Waals surface area (Å²) >= 11 is 7.82. The number of rotatable bonds is 7. The summed E-state index contributed by atoms with van der Waals surface area (Å²) in [5.74, 6) is 0.908. The molecular weight excluding hydrogens is 532 g/mol. The number of benzene rings is 2. The lowest BCUT2D eigenvalue weighted by molar-refractivity contribution is -0.131. The summed E-state index contributed by atoms with van der Waals surface area (Å²) in [6.45, 7) is 5.33. The molecule has 2 amide bonds. The topological polar surface area (TPSA) is 65.1 Å². The number of thioether (sulfide) groups is 1. The summed E-state index contributed by atoms with van der Waals surface area (Å²) in [7, 11) is 3.52. The number of halogens is 1. The van der Waals surface area contributed by atoms with E-state index in [1.807, 2.05) is 60.5 Å². The molecule has 2 aromatic carbocycles. The first-order chi connectivity index (χ1) is 18.9. The number of hydrogen-bond acceptors (Lipinski definition) is 6. The summed E-state index contributed by atoms with van der Waals surface area (Å²) in [4.78, 5) is 33.6. The molecule has 208 valence electrons. The van der Waals surface area contributed by atoms with Gasteiger partial charge in [0.15, 0.2) is 0 Å². The maximum Gasteiger partial charge on any atom is 0.260 e. The Morgan fingerprint density at radius 3 is 2.62 bits per heavy atom. The predicted octanol–water partition coefficient (Wildman–Crippen LogP) is 4.37. The molecule has 0 spiro atoms. The molecule has 1 aliphatic carbocycles. The third-order valence-electron chi connectivity index (χ3n) is 8.12. The minimum atomic E-state index is -0.0473. The second-order valence-corrected chi connectivity index (χ2v) is 12.2. The summed E-state index contributed by atoms with van der Waals surface area (Å²) in [6.07, 6.45) is 4.47. The minimum absolute atomic E-state index is 0.0371. The first-order valence-corrected chi connectivity index (χ1v) is 15.0. The molecule has 3 unspecified atom stereocenters. The summed E-state index contributed by atoms with van der Waals surface area (Å²) < 4.78 is 5.23. The number of piperazine rings is 1. The fraction of sp³-hybridized carbons (Fsp3) is 0.467. The van der Waals surface area contributed by atoms with E-state index < -0.39 is 0 Å². The Morgan fingerprint density at radius 1 is 1.13 bits per heavy atom. The molecule has 3 atom stereocenters. The van der Waals surface area contributed by atoms with Crippen LogP contribution in [0.15, 0.2) is 53.4 Å². The maximum absolute atomic E-state index is 13.2. The SMILES string of the molecule is COc1ccc(/C=C2\SC3CCC(C(=O)NCCN4CCN(c5cccc(Cl)c5)CC4)CC3N(C)C2=O)cc1. The van der Waals surface area contributed by atoms with Crippen LogP contribution in [0.5, 0.6) is 5.75 Å². The van der Waals surface area contributed by atoms with Crippen LogP contribution in [-0.2, 0) is 9.59 Å². The lowest BCUT2D eigenvalue weighted by Crippen LogP contribution is -2.53. The number of anilines is 1. The number of methoxy groups -OCH3 is 1. The number of nitrogens with one attached hydrogen (secondary N) is 1. The first-order valence-electron chi connectivity index (χ1n) is 13.7. The number of fused-ring (bicyclic) bond motifs is 1. The molecule has 2 saturated heterocycles. The van der Waals surface area contributed by atoms with Crippen LogP contribution in [0.1, 0.15) is 24.8 Å². The fourth-order valence-corrected chi connectivity index (χ4v) is 7.44. The van der Waals surface area contributed by atoms with Gasteiger partial charge in [-0.15, -0.1) is 11.8 Å². The van der Waals surface area contributed by atoms with Crippen LogP contribution >= 0.6 is 23.4 Å². The molecule has 0 radical (unpaired) electrons. The van der Waals surface area contributed by atoms with Gasteiger partial charge in [-0.3, -0.25) is 14.5 Å². The Labute approximate surface area is 240 Å². The molecule has 0 aromatic heterocycles. The van der Waals surface area contributed by atoms with Gasteiger partial charge in [-0.1, -0.05) is 29.8 Å². The third kappa shape index (κ3) is 6.73. The van der Waals surface area contributed by atoms with E-state index in [0.29, 0.717) is 11.8 Å². The molecule has 39 heavy (non-hydrogen) atoms. The van der Waals surface area contributed by atoms with Gasteiger partial charge in [-0.25, -0.2) is 0 Å². The zero-order valence-corrected chi connectivity index (χ0v) is 24.2. The van der Waals surface area contributed by atoms with Gasteiger partial charge in [-0.05, 0) is 61.2 Å². The van der Waals surface area contributed by atoms with Crippen LogP contribution in [-0.4, -0.2) is 86.3 Å². The number of nitrogens with zero attached hydrogens (tertiary/aromatic N) is 3. The maximum atomic E-state index is 13.2. The third-order valence-corrected chi connectivity index (χ3v) is 9.75. The van der Waals surface area contributed by atoms with E-state index in [1.165, 1.54) is 5.69 Å². The number of hydrogen-bond donors (Lipinski definition) is 1. The van der Waals surface area contributed by atoms with Crippen LogP contribution in [0, 0.1) is 5.92 Å². The highest BCUT2D eigenvalue weighted by atomic mass is 35.5. The van der Waals surface area contributed by atoms with Crippen LogP contribution in [0.3, 0.4) is 0 Å². The Hall–Kier alpha value is -2.68. The Kier molecular flexibility index (Phi) is 9.05. The molecular formula is C30H37ClN4O3S. The standard InChI is InChI=1S/C30H37ClN4O3S/c1-33-26-19-22(8-11-27(26)39-28(30(33)37)18-21-6-9-25(38-2)10-7-21)29(36)32-12-13-34-14-16-35(17-15-34)24-5-3-4-23(31)20-24/h3-7,9-10,18,20,22,26-27H,8,11-17,19H2,1-2H3,(H,32,36)/b28-18-. The van der Waals surface area contributed by atoms with Crippen molar-refractivity contribution in [2.75, 3.05) is 58.3 Å². The molecule has 2 aliphatic heterocycles. The average Bonchev–Trinajstić information content (AvgIpc) is 2.96. The van der Waals surface area contributed by atoms with Crippen molar-refractivity contribution in [3.05, 3.63) is 64.0 Å². The molecule has 9 heteroatoms. The lowest BCUT2D eigenvalue weighted by Gasteiger charge is -2.44. The van der Waals surface area contributed by atoms with Crippen molar-refractivity contribution >= 4 is 46.9 Å². The van der Waals surface area contributed by atoms with Crippen LogP contribution < -0.4 is 15.0 Å². The van der Waals surface area contributed by atoms with E-state index in [-0.39, 0.29) is 23.8 Å². The molecule has 1 saturated carbocycles. The zero-order valence-electron chi connectivity index (χ0n) is 22.6. The van der Waals surface area contributed by atoms with Gasteiger partial charge in [0.25, 0.3) is 5.91 Å². The minimum Gasteiger partial charge on any atom is -0.497 e. The van der Waals surface area contributed by atoms with Gasteiger partial charge in [0.1, 0.15) is 5.75 Å². The number of ether oxygens (including phenoxy) is 1. The van der Waals surface area contributed by atoms with Gasteiger partial charge in [-0.2, -0.15) is 0 Å². The molecule has 5 rings (SSSR count). The monoisotopic (exact) mass is 568 g/mol. The van der Waals surface area contributed by atoms with Crippen molar-refractivity contribution in [1.29, 1.82) is 0 Å². The Morgan fingerprint density at radius 2 is 1.90 bits per heavy atom. The smallest absolute Gasteiger partial charge is 0.260 e. The van der Waals surface area contributed by atoms with Crippen molar-refractivity contribution in [2.24, 2.45) is 5.92 Å². The number of likely N-dealkylation sites (N-methyl/N-ethyl adjacent to an activating group) is 1. The van der Waals surface area contributed by atoms with E-state index in [2.05, 4.69) is 21.2 Å². The Balaban J connectivity index is 1.07. The van der Waals surface area contributed by atoms with Crippen molar-refractivity contribution < 1.29 is 14.3 Å². The molecule has 1 N–H and O–H groups in total. The molecule has 3 fully saturated rings. The zero-order chi connectivity index (χ0) is 27.4. The predicted molar refractivity (Wildman–Crippen MR) is 159 cm³/mol. The van der Waals surface area contributed by atoms with Crippen LogP contribution in [0.2, 0.25) is 5.02 Å². The van der Waals surface area contributed by atoms with E-state index in [1.54, 1.807) is 18.9 Å². The molecule has 7 nitrogen and oxygen atoms in total. The van der Waals surface area contributed by atoms with E-state index in [9.17, 15) is 9.59 Å². The van der Waals surface area contributed by atoms with Gasteiger partial charge >= 0.3 is 0 Å². The van der Waals surface area contributed by atoms with Gasteiger partial charge in [0, 0.05) is 74.2 Å². The molecule has 3 aliphatic rings. The van der Waals surface area contributed by atoms with E-state index >= 15 is 0 Å². The number of carbonyl (C=O) groups excluding carboxylic acids is 2. The summed E-state index contributed by atoms with van der Waals surface area (Å²) in [6, 6.07) is 15.8. The van der Waals surface area contributed by atoms with Gasteiger partial charge in [0.2, 0.25) is 5.91 Å². The lowest BCUT2D eigenvalue weighted by atomic mass is 9.83. The first kappa shape index (κ1) is 27.9. The summed E-state index contributed by atoms with van der Waals surface area (Å²) in [5, 5.41) is 4.26. The van der Waals surface area contributed by atoms with Crippen LogP contribution in [0.25, 0.3) is 6.08 Å². The van der Waals surface area contributed by atoms with Gasteiger partial charge < -0.3 is 19.9 Å². The number of amides is 2. The fourth-order valence-electron chi connectivity index (χ4n) is 5.77. The van der Waals surface area contributed by atoms with Crippen LogP contribution in [0.4, 0.5) is 5.69 Å². The van der Waals surface area contributed by atoms with Crippen molar-refractivity contribution in [3.63, 3.8) is 0 Å². The normalized spacial score (nSPS) is 24.9. The quantitative estimate of drug-likeness (QED) is 0.501. The second kappa shape index (κ2) is 12.7. The Bertz CT molecular complexity index is 1200. The largest absolute Gasteiger partial charge is 0.497 e. The van der Waals surface area contributed by atoms with Crippen molar-refractivity contribution in [2.45, 2.75) is 30.6 Å². The average molecular weight is 569 g/mol. The van der Waals surface area contributed by atoms with Crippen molar-refractivity contribution in [3.8, 4) is 5.75 Å².